The Morgan fingerprint density at radius 2 is 1.91 bits per heavy atom. The van der Waals surface area contributed by atoms with Crippen LogP contribution in [0.15, 0.2) is 48.5 Å². The quantitative estimate of drug-likeness (QED) is 0.860. The fourth-order valence-corrected chi connectivity index (χ4v) is 2.42. The number of ether oxygens (including phenoxy) is 2. The molecule has 5 heteroatoms. The summed E-state index contributed by atoms with van der Waals surface area (Å²) in [5, 5.41) is 6.12. The highest BCUT2D eigenvalue weighted by atomic mass is 16.7. The molecule has 3 rings (SSSR count). The molecule has 0 unspecified atom stereocenters. The van der Waals surface area contributed by atoms with Gasteiger partial charge >= 0.3 is 0 Å². The molecule has 2 aromatic rings. The molecule has 0 bridgehead atoms. The number of benzene rings is 2. The third-order valence-electron chi connectivity index (χ3n) is 3.80. The van der Waals surface area contributed by atoms with E-state index in [9.17, 15) is 4.79 Å². The van der Waals surface area contributed by atoms with Gasteiger partial charge in [0.15, 0.2) is 11.5 Å². The minimum Gasteiger partial charge on any atom is -0.454 e. The minimum atomic E-state index is -0.0366. The third-order valence-corrected chi connectivity index (χ3v) is 3.80. The van der Waals surface area contributed by atoms with Crippen LogP contribution in [0.5, 0.6) is 11.5 Å². The molecule has 1 atom stereocenters. The molecule has 0 fully saturated rings. The van der Waals surface area contributed by atoms with Crippen LogP contribution in [0.4, 0.5) is 0 Å². The zero-order valence-corrected chi connectivity index (χ0v) is 13.0. The van der Waals surface area contributed by atoms with E-state index >= 15 is 0 Å². The average Bonchev–Trinajstić information content (AvgIpc) is 3.06. The summed E-state index contributed by atoms with van der Waals surface area (Å²) in [6, 6.07) is 15.9. The highest BCUT2D eigenvalue weighted by Crippen LogP contribution is 2.32. The second kappa shape index (κ2) is 7.15. The lowest BCUT2D eigenvalue weighted by Crippen LogP contribution is -2.34. The van der Waals surface area contributed by atoms with Gasteiger partial charge in [0.05, 0.1) is 6.54 Å². The maximum atomic E-state index is 12.0. The van der Waals surface area contributed by atoms with Gasteiger partial charge in [-0.1, -0.05) is 36.4 Å². The Morgan fingerprint density at radius 1 is 1.13 bits per heavy atom. The van der Waals surface area contributed by atoms with E-state index in [0.717, 1.165) is 22.6 Å². The second-order valence-electron chi connectivity index (χ2n) is 5.48. The van der Waals surface area contributed by atoms with E-state index in [4.69, 9.17) is 9.47 Å². The van der Waals surface area contributed by atoms with Gasteiger partial charge in [-0.2, -0.15) is 0 Å². The first kappa shape index (κ1) is 15.4. The minimum absolute atomic E-state index is 0.0366. The standard InChI is InChI=1S/C18H20N2O3/c1-13(15-5-3-2-4-6-15)19-11-18(21)20-10-14-7-8-16-17(9-14)23-12-22-16/h2-9,13,19H,10-12H2,1H3,(H,20,21)/t13-/m1/s1. The molecular formula is C18H20N2O3. The number of carbonyl (C=O) groups excluding carboxylic acids is 1. The zero-order chi connectivity index (χ0) is 16.1. The summed E-state index contributed by atoms with van der Waals surface area (Å²) in [5.41, 5.74) is 2.15. The van der Waals surface area contributed by atoms with Crippen LogP contribution in [0.3, 0.4) is 0 Å². The number of hydrogen-bond acceptors (Lipinski definition) is 4. The summed E-state index contributed by atoms with van der Waals surface area (Å²) < 4.78 is 10.6. The summed E-state index contributed by atoms with van der Waals surface area (Å²) in [6.07, 6.45) is 0. The fourth-order valence-electron chi connectivity index (χ4n) is 2.42. The number of amides is 1. The highest BCUT2D eigenvalue weighted by molar-refractivity contribution is 5.78. The zero-order valence-electron chi connectivity index (χ0n) is 13.0. The van der Waals surface area contributed by atoms with Crippen LogP contribution in [0, 0.1) is 0 Å². The molecule has 1 aliphatic heterocycles. The van der Waals surface area contributed by atoms with E-state index in [1.54, 1.807) is 0 Å². The van der Waals surface area contributed by atoms with Gasteiger partial charge in [-0.15, -0.1) is 0 Å². The Bertz CT molecular complexity index is 673. The van der Waals surface area contributed by atoms with Crippen molar-refractivity contribution in [3.8, 4) is 11.5 Å². The van der Waals surface area contributed by atoms with Gasteiger partial charge < -0.3 is 20.1 Å². The molecular weight excluding hydrogens is 292 g/mol. The van der Waals surface area contributed by atoms with Crippen LogP contribution < -0.4 is 20.1 Å². The Kier molecular flexibility index (Phi) is 4.78. The number of fused-ring (bicyclic) bond motifs is 1. The summed E-state index contributed by atoms with van der Waals surface area (Å²) in [6.45, 7) is 3.05. The third kappa shape index (κ3) is 4.02. The van der Waals surface area contributed by atoms with Crippen molar-refractivity contribution in [2.45, 2.75) is 19.5 Å². The van der Waals surface area contributed by atoms with Gasteiger partial charge in [0.1, 0.15) is 0 Å². The smallest absolute Gasteiger partial charge is 0.234 e. The highest BCUT2D eigenvalue weighted by Gasteiger charge is 2.13. The van der Waals surface area contributed by atoms with Gasteiger partial charge in [-0.3, -0.25) is 4.79 Å². The van der Waals surface area contributed by atoms with Gasteiger partial charge in [0, 0.05) is 12.6 Å². The topological polar surface area (TPSA) is 59.6 Å². The number of hydrogen-bond donors (Lipinski definition) is 2. The SMILES string of the molecule is C[C@@H](NCC(=O)NCc1ccc2c(c1)OCO2)c1ccccc1. The number of carbonyl (C=O) groups is 1. The maximum absolute atomic E-state index is 12.0. The summed E-state index contributed by atoms with van der Waals surface area (Å²) >= 11 is 0. The van der Waals surface area contributed by atoms with Crippen LogP contribution in [-0.2, 0) is 11.3 Å². The second-order valence-corrected chi connectivity index (χ2v) is 5.48. The van der Waals surface area contributed by atoms with Crippen LogP contribution >= 0.6 is 0 Å². The van der Waals surface area contributed by atoms with E-state index < -0.39 is 0 Å². The largest absolute Gasteiger partial charge is 0.454 e. The molecule has 0 aromatic heterocycles. The van der Waals surface area contributed by atoms with Crippen molar-refractivity contribution < 1.29 is 14.3 Å². The molecule has 0 saturated heterocycles. The van der Waals surface area contributed by atoms with E-state index in [-0.39, 0.29) is 25.3 Å². The van der Waals surface area contributed by atoms with Gasteiger partial charge in [0.25, 0.3) is 0 Å². The molecule has 0 radical (unpaired) electrons. The summed E-state index contributed by atoms with van der Waals surface area (Å²) in [5.74, 6) is 1.44. The maximum Gasteiger partial charge on any atom is 0.234 e. The molecule has 5 nitrogen and oxygen atoms in total. The number of nitrogens with one attached hydrogen (secondary N) is 2. The molecule has 0 saturated carbocycles. The summed E-state index contributed by atoms with van der Waals surface area (Å²) in [4.78, 5) is 12.0. The van der Waals surface area contributed by atoms with Crippen LogP contribution in [0.1, 0.15) is 24.1 Å². The molecule has 1 aliphatic rings. The first-order valence-electron chi connectivity index (χ1n) is 7.66. The average molecular weight is 312 g/mol. The molecule has 0 aliphatic carbocycles. The molecule has 120 valence electrons. The Balaban J connectivity index is 1.45. The van der Waals surface area contributed by atoms with Crippen molar-refractivity contribution in [1.82, 2.24) is 10.6 Å². The molecule has 0 spiro atoms. The van der Waals surface area contributed by atoms with Crippen molar-refractivity contribution in [2.24, 2.45) is 0 Å². The Hall–Kier alpha value is -2.53. The lowest BCUT2D eigenvalue weighted by Gasteiger charge is -2.14. The molecule has 1 amide bonds. The first-order valence-corrected chi connectivity index (χ1v) is 7.66. The molecule has 23 heavy (non-hydrogen) atoms. The molecule has 2 N–H and O–H groups in total. The van der Waals surface area contributed by atoms with Gasteiger partial charge in [-0.25, -0.2) is 0 Å². The normalized spacial score (nSPS) is 13.6. The lowest BCUT2D eigenvalue weighted by molar-refractivity contribution is -0.120. The molecule has 2 aromatic carbocycles. The monoisotopic (exact) mass is 312 g/mol. The van der Waals surface area contributed by atoms with Crippen molar-refractivity contribution in [3.05, 3.63) is 59.7 Å². The lowest BCUT2D eigenvalue weighted by atomic mass is 10.1. The van der Waals surface area contributed by atoms with Crippen molar-refractivity contribution in [3.63, 3.8) is 0 Å². The van der Waals surface area contributed by atoms with Crippen LogP contribution in [0.2, 0.25) is 0 Å². The van der Waals surface area contributed by atoms with E-state index in [1.165, 1.54) is 0 Å². The first-order chi connectivity index (χ1) is 11.2. The fraction of sp³-hybridized carbons (Fsp3) is 0.278. The van der Waals surface area contributed by atoms with Gasteiger partial charge in [-0.05, 0) is 30.2 Å². The van der Waals surface area contributed by atoms with Crippen LogP contribution in [0.25, 0.3) is 0 Å². The van der Waals surface area contributed by atoms with Crippen molar-refractivity contribution in [1.29, 1.82) is 0 Å². The molecule has 1 heterocycles. The van der Waals surface area contributed by atoms with Crippen molar-refractivity contribution in [2.75, 3.05) is 13.3 Å². The van der Waals surface area contributed by atoms with Gasteiger partial charge in [0.2, 0.25) is 12.7 Å². The Labute approximate surface area is 135 Å². The predicted molar refractivity (Wildman–Crippen MR) is 87.3 cm³/mol. The predicted octanol–water partition coefficient (Wildman–Crippen LogP) is 2.38. The van der Waals surface area contributed by atoms with E-state index in [2.05, 4.69) is 10.6 Å². The Morgan fingerprint density at radius 3 is 2.74 bits per heavy atom. The number of rotatable bonds is 6. The summed E-state index contributed by atoms with van der Waals surface area (Å²) in [7, 11) is 0. The van der Waals surface area contributed by atoms with Crippen molar-refractivity contribution >= 4 is 5.91 Å². The van der Waals surface area contributed by atoms with E-state index in [1.807, 2.05) is 55.5 Å². The van der Waals surface area contributed by atoms with E-state index in [0.29, 0.717) is 6.54 Å². The van der Waals surface area contributed by atoms with Crippen LogP contribution in [-0.4, -0.2) is 19.2 Å².